The molecule has 3 rings (SSSR count). The maximum absolute atomic E-state index is 9.15. The van der Waals surface area contributed by atoms with E-state index in [0.717, 1.165) is 21.8 Å². The van der Waals surface area contributed by atoms with Gasteiger partial charge in [0.1, 0.15) is 0 Å². The van der Waals surface area contributed by atoms with Crippen molar-refractivity contribution in [1.82, 2.24) is 9.97 Å². The van der Waals surface area contributed by atoms with Gasteiger partial charge in [0.25, 0.3) is 0 Å². The second-order valence-electron chi connectivity index (χ2n) is 3.85. The quantitative estimate of drug-likeness (QED) is 0.465. The zero-order chi connectivity index (χ0) is 11.8. The summed E-state index contributed by atoms with van der Waals surface area (Å²) in [6.07, 6.45) is 3.17. The van der Waals surface area contributed by atoms with Crippen molar-refractivity contribution in [3.63, 3.8) is 0 Å². The van der Waals surface area contributed by atoms with Crippen molar-refractivity contribution in [2.24, 2.45) is 0 Å². The highest BCUT2D eigenvalue weighted by atomic mass is 16.4. The van der Waals surface area contributed by atoms with Crippen molar-refractivity contribution in [1.29, 1.82) is 0 Å². The molecule has 0 aliphatic carbocycles. The average molecular weight is 224 g/mol. The first kappa shape index (κ1) is 10.2. The number of hydrogen-bond acceptors (Lipinski definition) is 4. The molecule has 2 N–H and O–H groups in total. The predicted octanol–water partition coefficient (Wildman–Crippen LogP) is 0.463. The van der Waals surface area contributed by atoms with Gasteiger partial charge in [-0.2, -0.15) is 0 Å². The van der Waals surface area contributed by atoms with Gasteiger partial charge in [0.15, 0.2) is 0 Å². The molecule has 0 amide bonds. The van der Waals surface area contributed by atoms with E-state index < -0.39 is 7.12 Å². The Morgan fingerprint density at radius 1 is 1.06 bits per heavy atom. The van der Waals surface area contributed by atoms with Crippen LogP contribution in [0.5, 0.6) is 0 Å². The zero-order valence-corrected chi connectivity index (χ0v) is 8.91. The monoisotopic (exact) mass is 224 g/mol. The first-order valence-electron chi connectivity index (χ1n) is 5.25. The summed E-state index contributed by atoms with van der Waals surface area (Å²) in [4.78, 5) is 8.50. The molecule has 0 aliphatic rings. The molecule has 2 aromatic heterocycles. The SMILES string of the molecule is OB(O)c1cnc2ccc3cccnc3c2c1. The van der Waals surface area contributed by atoms with Crippen molar-refractivity contribution in [3.05, 3.63) is 42.7 Å². The normalized spacial score (nSPS) is 10.9. The van der Waals surface area contributed by atoms with Gasteiger partial charge in [-0.1, -0.05) is 12.1 Å². The third kappa shape index (κ3) is 1.65. The molecule has 0 saturated carbocycles. The molecule has 82 valence electrons. The van der Waals surface area contributed by atoms with E-state index in [9.17, 15) is 0 Å². The van der Waals surface area contributed by atoms with E-state index in [0.29, 0.717) is 5.46 Å². The number of fused-ring (bicyclic) bond motifs is 3. The minimum absolute atomic E-state index is 0.371. The van der Waals surface area contributed by atoms with Crippen molar-refractivity contribution in [3.8, 4) is 0 Å². The van der Waals surface area contributed by atoms with Crippen molar-refractivity contribution < 1.29 is 10.0 Å². The zero-order valence-electron chi connectivity index (χ0n) is 8.91. The number of nitrogens with zero attached hydrogens (tertiary/aromatic N) is 2. The summed E-state index contributed by atoms with van der Waals surface area (Å²) in [5.74, 6) is 0. The van der Waals surface area contributed by atoms with Crippen molar-refractivity contribution in [2.75, 3.05) is 0 Å². The minimum atomic E-state index is -1.51. The summed E-state index contributed by atoms with van der Waals surface area (Å²) in [7, 11) is -1.51. The maximum Gasteiger partial charge on any atom is 0.490 e. The van der Waals surface area contributed by atoms with E-state index in [1.165, 1.54) is 6.20 Å². The molecule has 1 aromatic carbocycles. The van der Waals surface area contributed by atoms with Crippen LogP contribution in [0.2, 0.25) is 0 Å². The lowest BCUT2D eigenvalue weighted by Gasteiger charge is -2.04. The van der Waals surface area contributed by atoms with Gasteiger partial charge < -0.3 is 10.0 Å². The topological polar surface area (TPSA) is 66.2 Å². The van der Waals surface area contributed by atoms with Gasteiger partial charge in [0, 0.05) is 28.6 Å². The first-order valence-corrected chi connectivity index (χ1v) is 5.25. The number of hydrogen-bond donors (Lipinski definition) is 2. The molecular formula is C12H9BN2O2. The van der Waals surface area contributed by atoms with Crippen molar-refractivity contribution in [2.45, 2.75) is 0 Å². The van der Waals surface area contributed by atoms with Gasteiger partial charge >= 0.3 is 7.12 Å². The fourth-order valence-electron chi connectivity index (χ4n) is 1.90. The van der Waals surface area contributed by atoms with Crippen LogP contribution in [0.15, 0.2) is 42.7 Å². The summed E-state index contributed by atoms with van der Waals surface area (Å²) in [5.41, 5.74) is 1.98. The molecule has 4 nitrogen and oxygen atoms in total. The van der Waals surface area contributed by atoms with Crippen molar-refractivity contribution >= 4 is 34.4 Å². The van der Waals surface area contributed by atoms with Crippen LogP contribution in [0, 0.1) is 0 Å². The highest BCUT2D eigenvalue weighted by Gasteiger charge is 2.13. The molecule has 0 saturated heterocycles. The predicted molar refractivity (Wildman–Crippen MR) is 66.9 cm³/mol. The van der Waals surface area contributed by atoms with Crippen LogP contribution in [0.3, 0.4) is 0 Å². The van der Waals surface area contributed by atoms with Crippen LogP contribution < -0.4 is 5.46 Å². The fraction of sp³-hybridized carbons (Fsp3) is 0. The van der Waals surface area contributed by atoms with E-state index in [2.05, 4.69) is 9.97 Å². The Bertz CT molecular complexity index is 700. The largest absolute Gasteiger partial charge is 0.490 e. The highest BCUT2D eigenvalue weighted by molar-refractivity contribution is 6.58. The molecule has 0 radical (unpaired) electrons. The molecule has 0 unspecified atom stereocenters. The van der Waals surface area contributed by atoms with E-state index in [4.69, 9.17) is 10.0 Å². The molecule has 17 heavy (non-hydrogen) atoms. The van der Waals surface area contributed by atoms with E-state index >= 15 is 0 Å². The number of aromatic nitrogens is 2. The Morgan fingerprint density at radius 2 is 1.94 bits per heavy atom. The summed E-state index contributed by atoms with van der Waals surface area (Å²) in [5, 5.41) is 20.1. The van der Waals surface area contributed by atoms with E-state index in [-0.39, 0.29) is 0 Å². The van der Waals surface area contributed by atoms with Gasteiger partial charge in [-0.3, -0.25) is 9.97 Å². The second kappa shape index (κ2) is 3.80. The minimum Gasteiger partial charge on any atom is -0.423 e. The number of rotatable bonds is 1. The fourth-order valence-corrected chi connectivity index (χ4v) is 1.90. The lowest BCUT2D eigenvalue weighted by atomic mass is 9.81. The van der Waals surface area contributed by atoms with Gasteiger partial charge in [-0.25, -0.2) is 0 Å². The Balaban J connectivity index is 2.42. The molecule has 0 spiro atoms. The standard InChI is InChI=1S/C12H9BN2O2/c16-13(17)9-6-10-11(15-7-9)4-3-8-2-1-5-14-12(8)10/h1-7,16-17H. The molecule has 3 aromatic rings. The molecule has 0 aliphatic heterocycles. The van der Waals surface area contributed by atoms with Crippen LogP contribution in [-0.2, 0) is 0 Å². The van der Waals surface area contributed by atoms with Gasteiger partial charge in [-0.05, 0) is 18.2 Å². The first-order chi connectivity index (χ1) is 8.25. The van der Waals surface area contributed by atoms with Gasteiger partial charge in [0.05, 0.1) is 11.0 Å². The Morgan fingerprint density at radius 3 is 2.76 bits per heavy atom. The van der Waals surface area contributed by atoms with E-state index in [1.807, 2.05) is 24.3 Å². The molecule has 0 fully saturated rings. The maximum atomic E-state index is 9.15. The van der Waals surface area contributed by atoms with E-state index in [1.54, 1.807) is 12.3 Å². The smallest absolute Gasteiger partial charge is 0.423 e. The summed E-state index contributed by atoms with van der Waals surface area (Å²) in [6, 6.07) is 9.39. The molecule has 5 heteroatoms. The summed E-state index contributed by atoms with van der Waals surface area (Å²) >= 11 is 0. The lowest BCUT2D eigenvalue weighted by molar-refractivity contribution is 0.425. The molecular weight excluding hydrogens is 215 g/mol. The van der Waals surface area contributed by atoms with Crippen LogP contribution in [0.4, 0.5) is 0 Å². The average Bonchev–Trinajstić information content (AvgIpc) is 2.38. The van der Waals surface area contributed by atoms with Gasteiger partial charge in [0.2, 0.25) is 0 Å². The Kier molecular flexibility index (Phi) is 2.28. The van der Waals surface area contributed by atoms with Gasteiger partial charge in [-0.15, -0.1) is 0 Å². The highest BCUT2D eigenvalue weighted by Crippen LogP contribution is 2.20. The molecule has 0 bridgehead atoms. The number of benzene rings is 1. The summed E-state index contributed by atoms with van der Waals surface area (Å²) < 4.78 is 0. The molecule has 0 atom stereocenters. The third-order valence-electron chi connectivity index (χ3n) is 2.75. The Hall–Kier alpha value is -1.98. The lowest BCUT2D eigenvalue weighted by Crippen LogP contribution is -2.30. The van der Waals surface area contributed by atoms with Crippen LogP contribution >= 0.6 is 0 Å². The van der Waals surface area contributed by atoms with Crippen LogP contribution in [0.25, 0.3) is 21.8 Å². The van der Waals surface area contributed by atoms with Crippen LogP contribution in [0.1, 0.15) is 0 Å². The third-order valence-corrected chi connectivity index (χ3v) is 2.75. The van der Waals surface area contributed by atoms with Crippen LogP contribution in [-0.4, -0.2) is 27.1 Å². The Labute approximate surface area is 97.7 Å². The molecule has 2 heterocycles. The number of pyridine rings is 2. The summed E-state index contributed by atoms with van der Waals surface area (Å²) in [6.45, 7) is 0. The second-order valence-corrected chi connectivity index (χ2v) is 3.85.